The van der Waals surface area contributed by atoms with Crippen LogP contribution in [0.1, 0.15) is 28.5 Å². The topological polar surface area (TPSA) is 50.8 Å². The molecule has 1 heterocycles. The van der Waals surface area contributed by atoms with Gasteiger partial charge in [0.2, 0.25) is 0 Å². The lowest BCUT2D eigenvalue weighted by molar-refractivity contribution is 0.0622. The van der Waals surface area contributed by atoms with Crippen LogP contribution in [0, 0.1) is 11.3 Å². The molecule has 4 aromatic carbocycles. The number of benzene rings is 4. The molecule has 0 aliphatic carbocycles. The fourth-order valence-electron chi connectivity index (χ4n) is 4.28. The molecule has 1 unspecified atom stereocenters. The molecule has 5 rings (SSSR count). The number of hydrogen-bond donors (Lipinski definition) is 0. The number of aryl methyl sites for hydroxylation is 1. The van der Waals surface area contributed by atoms with Crippen molar-refractivity contribution in [3.05, 3.63) is 138 Å². The predicted octanol–water partition coefficient (Wildman–Crippen LogP) is 7.35. The first-order valence-corrected chi connectivity index (χ1v) is 11.5. The normalized spacial score (nSPS) is 11.3. The van der Waals surface area contributed by atoms with Gasteiger partial charge in [-0.25, -0.2) is 4.98 Å². The average molecular weight is 492 g/mol. The quantitative estimate of drug-likeness (QED) is 0.239. The van der Waals surface area contributed by atoms with Gasteiger partial charge in [-0.15, -0.1) is 12.4 Å². The molecule has 4 nitrogen and oxygen atoms in total. The molecular formula is C31H26ClN3O. The Morgan fingerprint density at radius 2 is 1.53 bits per heavy atom. The molecule has 0 spiro atoms. The van der Waals surface area contributed by atoms with Gasteiger partial charge in [0.1, 0.15) is 6.10 Å². The molecule has 178 valence electrons. The Bertz CT molecular complexity index is 1470. The number of halogens is 1. The van der Waals surface area contributed by atoms with Crippen molar-refractivity contribution in [1.82, 2.24) is 9.55 Å². The fourth-order valence-corrected chi connectivity index (χ4v) is 4.28. The van der Waals surface area contributed by atoms with Crippen LogP contribution in [0.15, 0.2) is 116 Å². The predicted molar refractivity (Wildman–Crippen MR) is 146 cm³/mol. The number of hydrogen-bond acceptors (Lipinski definition) is 3. The lowest BCUT2D eigenvalue weighted by Gasteiger charge is -2.20. The van der Waals surface area contributed by atoms with Crippen LogP contribution in [0.2, 0.25) is 0 Å². The Kier molecular flexibility index (Phi) is 7.97. The Morgan fingerprint density at radius 1 is 0.833 bits per heavy atom. The van der Waals surface area contributed by atoms with Crippen molar-refractivity contribution in [3.63, 3.8) is 0 Å². The van der Waals surface area contributed by atoms with Crippen molar-refractivity contribution < 1.29 is 4.74 Å². The molecule has 36 heavy (non-hydrogen) atoms. The smallest absolute Gasteiger partial charge is 0.124 e. The number of aromatic nitrogens is 2. The van der Waals surface area contributed by atoms with Crippen LogP contribution in [-0.4, -0.2) is 9.55 Å². The molecule has 1 atom stereocenters. The van der Waals surface area contributed by atoms with Crippen LogP contribution in [0.3, 0.4) is 0 Å². The van der Waals surface area contributed by atoms with Gasteiger partial charge in [0.25, 0.3) is 0 Å². The Hall–Kier alpha value is -4.17. The highest BCUT2D eigenvalue weighted by Gasteiger charge is 2.20. The highest BCUT2D eigenvalue weighted by molar-refractivity contribution is 5.85. The molecule has 0 fully saturated rings. The fraction of sp³-hybridized carbons (Fsp3) is 0.0968. The van der Waals surface area contributed by atoms with Crippen LogP contribution in [-0.2, 0) is 18.4 Å². The highest BCUT2D eigenvalue weighted by Crippen LogP contribution is 2.34. The molecule has 0 saturated heterocycles. The second-order valence-corrected chi connectivity index (χ2v) is 8.47. The van der Waals surface area contributed by atoms with E-state index >= 15 is 0 Å². The number of nitrogens with zero attached hydrogens (tertiary/aromatic N) is 3. The van der Waals surface area contributed by atoms with Gasteiger partial charge in [0, 0.05) is 7.05 Å². The van der Waals surface area contributed by atoms with E-state index < -0.39 is 0 Å². The van der Waals surface area contributed by atoms with E-state index in [1.807, 2.05) is 72.4 Å². The molecule has 5 heteroatoms. The van der Waals surface area contributed by atoms with Gasteiger partial charge >= 0.3 is 0 Å². The first kappa shape index (κ1) is 24.9. The number of ether oxygens (including phenoxy) is 1. The van der Waals surface area contributed by atoms with Gasteiger partial charge < -0.3 is 9.30 Å². The summed E-state index contributed by atoms with van der Waals surface area (Å²) in [5.74, 6) is 0. The summed E-state index contributed by atoms with van der Waals surface area (Å²) in [6.45, 7) is 0.468. The molecule has 0 aliphatic rings. The minimum absolute atomic E-state index is 0. The van der Waals surface area contributed by atoms with Gasteiger partial charge in [-0.05, 0) is 51.6 Å². The Morgan fingerprint density at radius 3 is 2.22 bits per heavy atom. The van der Waals surface area contributed by atoms with Crippen molar-refractivity contribution in [3.8, 4) is 28.3 Å². The summed E-state index contributed by atoms with van der Waals surface area (Å²) in [6.07, 6.45) is 3.29. The van der Waals surface area contributed by atoms with Gasteiger partial charge in [-0.1, -0.05) is 84.9 Å². The molecule has 0 bridgehead atoms. The number of imidazole rings is 1. The van der Waals surface area contributed by atoms with E-state index in [-0.39, 0.29) is 18.5 Å². The summed E-state index contributed by atoms with van der Waals surface area (Å²) < 4.78 is 8.43. The summed E-state index contributed by atoms with van der Waals surface area (Å²) in [5, 5.41) is 9.88. The average Bonchev–Trinajstić information content (AvgIpc) is 3.35. The van der Waals surface area contributed by atoms with E-state index in [1.54, 1.807) is 6.33 Å². The van der Waals surface area contributed by atoms with Gasteiger partial charge in [-0.2, -0.15) is 5.26 Å². The molecule has 0 amide bonds. The minimum atomic E-state index is -0.327. The van der Waals surface area contributed by atoms with Crippen molar-refractivity contribution in [2.45, 2.75) is 12.7 Å². The summed E-state index contributed by atoms with van der Waals surface area (Å²) >= 11 is 0. The van der Waals surface area contributed by atoms with Crippen molar-refractivity contribution >= 4 is 12.4 Å². The molecule has 5 aromatic rings. The molecule has 0 saturated carbocycles. The lowest BCUT2D eigenvalue weighted by Crippen LogP contribution is -2.11. The first-order valence-electron chi connectivity index (χ1n) is 11.5. The second kappa shape index (κ2) is 11.5. The van der Waals surface area contributed by atoms with Crippen LogP contribution < -0.4 is 0 Å². The standard InChI is InChI=1S/C31H25N3O.ClH/c1-34-22-33-20-30(34)31(35-21-23-9-4-2-5-10-23)27-15-16-28(19-32)29(18-27)26-14-8-13-25(17-26)24-11-6-3-7-12-24;/h2-18,20,22,31H,21H2,1H3;1H. The first-order chi connectivity index (χ1) is 17.2. The van der Waals surface area contributed by atoms with Gasteiger partial charge in [-0.3, -0.25) is 0 Å². The summed E-state index contributed by atoms with van der Waals surface area (Å²) in [7, 11) is 1.97. The Labute approximate surface area is 217 Å². The summed E-state index contributed by atoms with van der Waals surface area (Å²) in [6, 6.07) is 37.0. The maximum atomic E-state index is 9.88. The molecule has 0 radical (unpaired) electrons. The zero-order valence-electron chi connectivity index (χ0n) is 19.9. The minimum Gasteiger partial charge on any atom is -0.363 e. The number of rotatable bonds is 7. The third-order valence-electron chi connectivity index (χ3n) is 6.13. The van der Waals surface area contributed by atoms with E-state index in [1.165, 1.54) is 0 Å². The highest BCUT2D eigenvalue weighted by atomic mass is 35.5. The number of nitriles is 1. The van der Waals surface area contributed by atoms with Crippen LogP contribution in [0.25, 0.3) is 22.3 Å². The van der Waals surface area contributed by atoms with Crippen LogP contribution in [0.4, 0.5) is 0 Å². The van der Waals surface area contributed by atoms with Crippen molar-refractivity contribution in [1.29, 1.82) is 5.26 Å². The summed E-state index contributed by atoms with van der Waals surface area (Å²) in [4.78, 5) is 4.31. The lowest BCUT2D eigenvalue weighted by atomic mass is 9.93. The van der Waals surface area contributed by atoms with E-state index in [9.17, 15) is 5.26 Å². The van der Waals surface area contributed by atoms with Crippen LogP contribution in [0.5, 0.6) is 0 Å². The monoisotopic (exact) mass is 491 g/mol. The van der Waals surface area contributed by atoms with E-state index in [4.69, 9.17) is 4.74 Å². The molecule has 0 N–H and O–H groups in total. The van der Waals surface area contributed by atoms with E-state index in [0.717, 1.165) is 39.1 Å². The second-order valence-electron chi connectivity index (χ2n) is 8.47. The summed E-state index contributed by atoms with van der Waals surface area (Å²) in [5.41, 5.74) is 7.80. The molecule has 1 aromatic heterocycles. The zero-order valence-corrected chi connectivity index (χ0v) is 20.7. The maximum Gasteiger partial charge on any atom is 0.124 e. The van der Waals surface area contributed by atoms with Gasteiger partial charge in [0.05, 0.1) is 36.5 Å². The van der Waals surface area contributed by atoms with Crippen LogP contribution >= 0.6 is 12.4 Å². The largest absolute Gasteiger partial charge is 0.363 e. The third-order valence-corrected chi connectivity index (χ3v) is 6.13. The van der Waals surface area contributed by atoms with Crippen molar-refractivity contribution in [2.75, 3.05) is 0 Å². The zero-order chi connectivity index (χ0) is 24.0. The third kappa shape index (κ3) is 5.39. The van der Waals surface area contributed by atoms with E-state index in [2.05, 4.69) is 59.6 Å². The molecule has 0 aliphatic heterocycles. The maximum absolute atomic E-state index is 9.88. The van der Waals surface area contributed by atoms with E-state index in [0.29, 0.717) is 12.2 Å². The SMILES string of the molecule is Cl.Cn1cncc1C(OCc1ccccc1)c1ccc(C#N)c(-c2cccc(-c3ccccc3)c2)c1. The van der Waals surface area contributed by atoms with Gasteiger partial charge in [0.15, 0.2) is 0 Å². The molecular weight excluding hydrogens is 466 g/mol. The van der Waals surface area contributed by atoms with Crippen molar-refractivity contribution in [2.24, 2.45) is 7.05 Å². The Balaban J connectivity index is 0.00000304.